The van der Waals surface area contributed by atoms with Crippen molar-refractivity contribution in [3.8, 4) is 0 Å². The Morgan fingerprint density at radius 3 is 2.62 bits per heavy atom. The van der Waals surface area contributed by atoms with Gasteiger partial charge in [0.2, 0.25) is 0 Å². The third-order valence-electron chi connectivity index (χ3n) is 4.31. The zero-order chi connectivity index (χ0) is 18.5. The minimum atomic E-state index is -0.318. The Labute approximate surface area is 153 Å². The fourth-order valence-electron chi connectivity index (χ4n) is 3.13. The lowest BCUT2D eigenvalue weighted by molar-refractivity contribution is -0.122. The predicted octanol–water partition coefficient (Wildman–Crippen LogP) is 3.56. The number of urea groups is 1. The van der Waals surface area contributed by atoms with E-state index in [2.05, 4.69) is 10.6 Å². The van der Waals surface area contributed by atoms with E-state index in [9.17, 15) is 9.59 Å². The minimum absolute atomic E-state index is 0.0466. The monoisotopic (exact) mass is 353 g/mol. The van der Waals surface area contributed by atoms with Crippen LogP contribution in [-0.4, -0.2) is 32.2 Å². The van der Waals surface area contributed by atoms with Crippen molar-refractivity contribution in [3.05, 3.63) is 53.6 Å². The number of hydrogen-bond donors (Lipinski definition) is 2. The van der Waals surface area contributed by atoms with E-state index < -0.39 is 0 Å². The molecular weight excluding hydrogens is 330 g/mol. The van der Waals surface area contributed by atoms with Crippen LogP contribution >= 0.6 is 0 Å². The van der Waals surface area contributed by atoms with E-state index in [1.807, 2.05) is 49.4 Å². The van der Waals surface area contributed by atoms with Gasteiger partial charge in [0.15, 0.2) is 0 Å². The maximum absolute atomic E-state index is 12.3. The Balaban J connectivity index is 1.74. The number of hydrogen-bond acceptors (Lipinski definition) is 3. The zero-order valence-electron chi connectivity index (χ0n) is 15.0. The first kappa shape index (κ1) is 17.9. The summed E-state index contributed by atoms with van der Waals surface area (Å²) in [5.74, 6) is -0.0742. The summed E-state index contributed by atoms with van der Waals surface area (Å²) in [6.07, 6.45) is 1.84. The summed E-state index contributed by atoms with van der Waals surface area (Å²) in [6.45, 7) is 2.68. The molecule has 0 atom stereocenters. The number of fused-ring (bicyclic) bond motifs is 1. The first-order valence-corrected chi connectivity index (χ1v) is 8.64. The third-order valence-corrected chi connectivity index (χ3v) is 4.31. The smallest absolute Gasteiger partial charge is 0.323 e. The molecule has 6 heteroatoms. The molecule has 0 saturated carbocycles. The van der Waals surface area contributed by atoms with E-state index in [0.29, 0.717) is 12.2 Å². The van der Waals surface area contributed by atoms with Gasteiger partial charge in [-0.3, -0.25) is 4.79 Å². The van der Waals surface area contributed by atoms with Crippen molar-refractivity contribution in [2.75, 3.05) is 35.8 Å². The van der Waals surface area contributed by atoms with Crippen LogP contribution in [0.3, 0.4) is 0 Å². The van der Waals surface area contributed by atoms with E-state index in [-0.39, 0.29) is 18.5 Å². The molecule has 0 spiro atoms. The number of benzene rings is 2. The van der Waals surface area contributed by atoms with Gasteiger partial charge >= 0.3 is 6.03 Å². The van der Waals surface area contributed by atoms with E-state index in [0.717, 1.165) is 35.3 Å². The molecule has 2 N–H and O–H groups in total. The molecule has 0 aliphatic carbocycles. The van der Waals surface area contributed by atoms with Crippen molar-refractivity contribution in [2.24, 2.45) is 0 Å². The van der Waals surface area contributed by atoms with Crippen LogP contribution in [0.1, 0.15) is 17.5 Å². The van der Waals surface area contributed by atoms with Gasteiger partial charge in [-0.15, -0.1) is 0 Å². The van der Waals surface area contributed by atoms with Gasteiger partial charge in [-0.25, -0.2) is 4.79 Å². The van der Waals surface area contributed by atoms with Gasteiger partial charge in [0.1, 0.15) is 6.61 Å². The molecule has 3 amide bonds. The van der Waals surface area contributed by atoms with Crippen LogP contribution in [0.4, 0.5) is 21.9 Å². The summed E-state index contributed by atoms with van der Waals surface area (Å²) in [5, 5.41) is 5.65. The Hall–Kier alpha value is -2.86. The van der Waals surface area contributed by atoms with Gasteiger partial charge in [-0.05, 0) is 55.2 Å². The lowest BCUT2D eigenvalue weighted by atomic mass is 10.0. The maximum atomic E-state index is 12.3. The van der Waals surface area contributed by atoms with Crippen molar-refractivity contribution in [1.29, 1.82) is 0 Å². The molecule has 0 saturated heterocycles. The summed E-state index contributed by atoms with van der Waals surface area (Å²) in [7, 11) is 1.51. The molecule has 6 nitrogen and oxygen atoms in total. The van der Waals surface area contributed by atoms with Crippen LogP contribution in [0, 0.1) is 6.92 Å². The second-order valence-electron chi connectivity index (χ2n) is 6.37. The Kier molecular flexibility index (Phi) is 5.53. The highest BCUT2D eigenvalue weighted by atomic mass is 16.5. The van der Waals surface area contributed by atoms with Gasteiger partial charge in [-0.2, -0.15) is 0 Å². The molecule has 0 radical (unpaired) electrons. The van der Waals surface area contributed by atoms with Crippen LogP contribution in [-0.2, 0) is 16.0 Å². The normalized spacial score (nSPS) is 13.1. The average molecular weight is 353 g/mol. The largest absolute Gasteiger partial charge is 0.375 e. The van der Waals surface area contributed by atoms with Crippen molar-refractivity contribution in [2.45, 2.75) is 19.8 Å². The summed E-state index contributed by atoms with van der Waals surface area (Å²) in [6, 6.07) is 12.9. The number of aryl methyl sites for hydroxylation is 2. The third kappa shape index (κ3) is 4.21. The van der Waals surface area contributed by atoms with Crippen LogP contribution in [0.5, 0.6) is 0 Å². The predicted molar refractivity (Wildman–Crippen MR) is 103 cm³/mol. The van der Waals surface area contributed by atoms with Crippen molar-refractivity contribution in [1.82, 2.24) is 0 Å². The molecule has 2 aromatic rings. The summed E-state index contributed by atoms with van der Waals surface area (Å²) in [4.78, 5) is 26.3. The van der Waals surface area contributed by atoms with Crippen LogP contribution in [0.25, 0.3) is 0 Å². The van der Waals surface area contributed by atoms with Gasteiger partial charge in [0, 0.05) is 30.7 Å². The molecule has 0 unspecified atom stereocenters. The van der Waals surface area contributed by atoms with Crippen molar-refractivity contribution in [3.63, 3.8) is 0 Å². The number of amides is 3. The Bertz CT molecular complexity index is 820. The first-order chi connectivity index (χ1) is 12.6. The second-order valence-corrected chi connectivity index (χ2v) is 6.37. The first-order valence-electron chi connectivity index (χ1n) is 8.64. The second kappa shape index (κ2) is 8.01. The zero-order valence-corrected chi connectivity index (χ0v) is 15.0. The molecule has 0 bridgehead atoms. The summed E-state index contributed by atoms with van der Waals surface area (Å²) >= 11 is 0. The van der Waals surface area contributed by atoms with Gasteiger partial charge in [-0.1, -0.05) is 18.2 Å². The lowest BCUT2D eigenvalue weighted by Crippen LogP contribution is -2.37. The highest BCUT2D eigenvalue weighted by Gasteiger charge is 2.22. The molecule has 1 heterocycles. The molecule has 26 heavy (non-hydrogen) atoms. The van der Waals surface area contributed by atoms with Crippen molar-refractivity contribution < 1.29 is 14.3 Å². The fourth-order valence-corrected chi connectivity index (χ4v) is 3.13. The molecule has 1 aliphatic rings. The summed E-state index contributed by atoms with van der Waals surface area (Å²) in [5.41, 5.74) is 4.39. The number of carbonyl (C=O) groups is 2. The minimum Gasteiger partial charge on any atom is -0.375 e. The van der Waals surface area contributed by atoms with Crippen LogP contribution < -0.4 is 15.5 Å². The van der Waals surface area contributed by atoms with E-state index in [1.54, 1.807) is 4.90 Å². The van der Waals surface area contributed by atoms with E-state index >= 15 is 0 Å². The van der Waals surface area contributed by atoms with E-state index in [1.165, 1.54) is 7.11 Å². The van der Waals surface area contributed by atoms with Gasteiger partial charge in [0.05, 0.1) is 0 Å². The van der Waals surface area contributed by atoms with E-state index in [4.69, 9.17) is 4.74 Å². The Morgan fingerprint density at radius 2 is 1.88 bits per heavy atom. The van der Waals surface area contributed by atoms with Gasteiger partial charge < -0.3 is 20.3 Å². The van der Waals surface area contributed by atoms with Crippen LogP contribution in [0.15, 0.2) is 42.5 Å². The molecule has 0 fully saturated rings. The fraction of sp³-hybridized carbons (Fsp3) is 0.300. The number of ether oxygens (including phenoxy) is 1. The molecule has 3 rings (SSSR count). The van der Waals surface area contributed by atoms with Crippen LogP contribution in [0.2, 0.25) is 0 Å². The molecule has 136 valence electrons. The average Bonchev–Trinajstić information content (AvgIpc) is 2.61. The maximum Gasteiger partial charge on any atom is 0.323 e. The molecule has 1 aliphatic heterocycles. The lowest BCUT2D eigenvalue weighted by Gasteiger charge is -2.29. The number of methoxy groups -OCH3 is 1. The number of carbonyl (C=O) groups excluding carboxylic acids is 2. The Morgan fingerprint density at radius 1 is 1.12 bits per heavy atom. The SMILES string of the molecule is COCC(=O)N1CCCc2ccc(NC(=O)Nc3cccc(C)c3)cc21. The number of nitrogens with zero attached hydrogens (tertiary/aromatic N) is 1. The number of nitrogens with one attached hydrogen (secondary N) is 2. The topological polar surface area (TPSA) is 70.7 Å². The standard InChI is InChI=1S/C20H23N3O3/c1-14-5-3-7-16(11-14)21-20(25)22-17-9-8-15-6-4-10-23(18(15)12-17)19(24)13-26-2/h3,5,7-9,11-12H,4,6,10,13H2,1-2H3,(H2,21,22,25). The molecular formula is C20H23N3O3. The quantitative estimate of drug-likeness (QED) is 0.883. The molecule has 0 aromatic heterocycles. The number of rotatable bonds is 4. The summed E-state index contributed by atoms with van der Waals surface area (Å²) < 4.78 is 4.97. The van der Waals surface area contributed by atoms with Crippen molar-refractivity contribution >= 4 is 29.0 Å². The highest BCUT2D eigenvalue weighted by Crippen LogP contribution is 2.30. The molecule has 2 aromatic carbocycles. The number of anilines is 3. The van der Waals surface area contributed by atoms with Gasteiger partial charge in [0.25, 0.3) is 5.91 Å². The highest BCUT2D eigenvalue weighted by molar-refractivity contribution is 6.01.